The van der Waals surface area contributed by atoms with E-state index in [1.165, 1.54) is 42.4 Å². The molecule has 0 aliphatic heterocycles. The molecule has 1 aliphatic carbocycles. The summed E-state index contributed by atoms with van der Waals surface area (Å²) in [5.74, 6) is 0.755. The number of rotatable bonds is 3. The highest BCUT2D eigenvalue weighted by Gasteiger charge is 2.18. The number of hydrogen-bond acceptors (Lipinski definition) is 2. The lowest BCUT2D eigenvalue weighted by molar-refractivity contribution is 0.723. The average molecular weight is 307 g/mol. The van der Waals surface area contributed by atoms with Gasteiger partial charge in [0.2, 0.25) is 0 Å². The van der Waals surface area contributed by atoms with Crippen LogP contribution in [0, 0.1) is 19.3 Å². The average Bonchev–Trinajstić information content (AvgIpc) is 3.02. The Hall–Kier alpha value is -2.29. The topological polar surface area (TPSA) is 75.9 Å². The van der Waals surface area contributed by atoms with Crippen molar-refractivity contribution in [2.75, 3.05) is 5.73 Å². The van der Waals surface area contributed by atoms with Crippen molar-refractivity contribution in [1.29, 1.82) is 5.41 Å². The Morgan fingerprint density at radius 1 is 1.04 bits per heavy atom. The molecule has 0 radical (unpaired) electrons. The molecule has 1 fully saturated rings. The van der Waals surface area contributed by atoms with Gasteiger partial charge in [0.05, 0.1) is 0 Å². The van der Waals surface area contributed by atoms with Gasteiger partial charge in [0, 0.05) is 11.3 Å². The number of amidine groups is 1. The number of nitrogens with two attached hydrogens (primary N) is 2. The molecule has 3 heteroatoms. The molecular weight excluding hydrogens is 282 g/mol. The summed E-state index contributed by atoms with van der Waals surface area (Å²) < 4.78 is 0. The Morgan fingerprint density at radius 3 is 2.30 bits per heavy atom. The van der Waals surface area contributed by atoms with Crippen LogP contribution < -0.4 is 11.5 Å². The van der Waals surface area contributed by atoms with Gasteiger partial charge >= 0.3 is 0 Å². The van der Waals surface area contributed by atoms with E-state index in [1.54, 1.807) is 0 Å². The summed E-state index contributed by atoms with van der Waals surface area (Å²) in [6, 6.07) is 10.7. The maximum atomic E-state index is 7.77. The van der Waals surface area contributed by atoms with Crippen LogP contribution in [0.5, 0.6) is 0 Å². The highest BCUT2D eigenvalue weighted by Crippen LogP contribution is 2.37. The summed E-state index contributed by atoms with van der Waals surface area (Å²) >= 11 is 0. The lowest BCUT2D eigenvalue weighted by Gasteiger charge is -2.17. The molecule has 0 atom stereocenters. The van der Waals surface area contributed by atoms with E-state index in [0.29, 0.717) is 11.3 Å². The van der Waals surface area contributed by atoms with Crippen LogP contribution in [0.4, 0.5) is 5.69 Å². The summed E-state index contributed by atoms with van der Waals surface area (Å²) in [4.78, 5) is 0. The van der Waals surface area contributed by atoms with E-state index in [-0.39, 0.29) is 5.84 Å². The zero-order valence-corrected chi connectivity index (χ0v) is 13.9. The Bertz CT molecular complexity index is 756. The number of hydrogen-bond donors (Lipinski definition) is 3. The monoisotopic (exact) mass is 307 g/mol. The minimum Gasteiger partial charge on any atom is -0.398 e. The van der Waals surface area contributed by atoms with Gasteiger partial charge in [-0.1, -0.05) is 37.1 Å². The molecule has 0 spiro atoms. The van der Waals surface area contributed by atoms with Gasteiger partial charge < -0.3 is 11.5 Å². The van der Waals surface area contributed by atoms with E-state index in [2.05, 4.69) is 25.1 Å². The van der Waals surface area contributed by atoms with E-state index in [9.17, 15) is 0 Å². The first-order chi connectivity index (χ1) is 11.0. The van der Waals surface area contributed by atoms with Gasteiger partial charge in [0.1, 0.15) is 5.84 Å². The molecule has 3 rings (SSSR count). The van der Waals surface area contributed by atoms with Crippen molar-refractivity contribution in [2.24, 2.45) is 5.73 Å². The fraction of sp³-hybridized carbons (Fsp3) is 0.350. The molecule has 1 saturated carbocycles. The first-order valence-corrected chi connectivity index (χ1v) is 8.33. The van der Waals surface area contributed by atoms with Crippen molar-refractivity contribution in [1.82, 2.24) is 0 Å². The Kier molecular flexibility index (Phi) is 4.12. The number of nitrogen functional groups attached to an aromatic ring is 2. The third-order valence-corrected chi connectivity index (χ3v) is 5.13. The normalized spacial score (nSPS) is 15.0. The maximum Gasteiger partial charge on any atom is 0.125 e. The minimum atomic E-state index is 0.0297. The van der Waals surface area contributed by atoms with E-state index < -0.39 is 0 Å². The van der Waals surface area contributed by atoms with Crippen LogP contribution >= 0.6 is 0 Å². The molecular formula is C20H25N3. The number of nitrogens with one attached hydrogen (secondary N) is 1. The summed E-state index contributed by atoms with van der Waals surface area (Å²) in [5.41, 5.74) is 19.0. The van der Waals surface area contributed by atoms with Gasteiger partial charge in [-0.15, -0.1) is 0 Å². The van der Waals surface area contributed by atoms with E-state index in [0.717, 1.165) is 17.0 Å². The molecule has 0 aromatic heterocycles. The molecule has 23 heavy (non-hydrogen) atoms. The molecule has 0 saturated heterocycles. The molecule has 0 heterocycles. The molecule has 0 amide bonds. The van der Waals surface area contributed by atoms with Crippen LogP contribution in [0.3, 0.4) is 0 Å². The van der Waals surface area contributed by atoms with Gasteiger partial charge in [0.15, 0.2) is 0 Å². The highest BCUT2D eigenvalue weighted by atomic mass is 14.7. The van der Waals surface area contributed by atoms with E-state index in [1.807, 2.05) is 19.1 Å². The predicted molar refractivity (Wildman–Crippen MR) is 98.0 cm³/mol. The van der Waals surface area contributed by atoms with Crippen LogP contribution in [0.1, 0.15) is 53.9 Å². The van der Waals surface area contributed by atoms with Gasteiger partial charge in [-0.3, -0.25) is 5.41 Å². The number of anilines is 1. The maximum absolute atomic E-state index is 7.77. The van der Waals surface area contributed by atoms with Crippen LogP contribution in [-0.4, -0.2) is 5.84 Å². The third-order valence-electron chi connectivity index (χ3n) is 5.13. The highest BCUT2D eigenvalue weighted by molar-refractivity contribution is 6.03. The van der Waals surface area contributed by atoms with Gasteiger partial charge in [-0.25, -0.2) is 0 Å². The van der Waals surface area contributed by atoms with Crippen LogP contribution in [0.25, 0.3) is 11.1 Å². The number of aryl methyl sites for hydroxylation is 1. The van der Waals surface area contributed by atoms with E-state index in [4.69, 9.17) is 16.9 Å². The zero-order chi connectivity index (χ0) is 16.6. The number of benzene rings is 2. The Labute approximate surface area is 138 Å². The summed E-state index contributed by atoms with van der Waals surface area (Å²) in [7, 11) is 0. The van der Waals surface area contributed by atoms with Gasteiger partial charge in [0.25, 0.3) is 0 Å². The Balaban J connectivity index is 2.05. The molecule has 0 unspecified atom stereocenters. The van der Waals surface area contributed by atoms with Crippen molar-refractivity contribution in [3.63, 3.8) is 0 Å². The molecule has 0 bridgehead atoms. The second kappa shape index (κ2) is 6.07. The van der Waals surface area contributed by atoms with Gasteiger partial charge in [-0.05, 0) is 66.5 Å². The fourth-order valence-electron chi connectivity index (χ4n) is 3.88. The minimum absolute atomic E-state index is 0.0297. The smallest absolute Gasteiger partial charge is 0.125 e. The second-order valence-electron chi connectivity index (χ2n) is 6.67. The first-order valence-electron chi connectivity index (χ1n) is 8.33. The molecule has 120 valence electrons. The predicted octanol–water partition coefficient (Wildman–Crippen LogP) is 4.49. The molecule has 5 N–H and O–H groups in total. The van der Waals surface area contributed by atoms with Crippen LogP contribution in [-0.2, 0) is 0 Å². The summed E-state index contributed by atoms with van der Waals surface area (Å²) in [6.45, 7) is 4.16. The standard InChI is InChI=1S/C20H25N3/c1-12-11-15(14-5-3-4-6-14)7-8-16(12)17-9-10-18(21)19(13(17)2)20(22)23/h7-11,14H,3-6,21H2,1-2H3,(H3,22,23). The first kappa shape index (κ1) is 15.6. The summed E-state index contributed by atoms with van der Waals surface area (Å²) in [6.07, 6.45) is 5.33. The van der Waals surface area contributed by atoms with E-state index >= 15 is 0 Å². The van der Waals surface area contributed by atoms with Crippen molar-refractivity contribution >= 4 is 11.5 Å². The van der Waals surface area contributed by atoms with Crippen LogP contribution in [0.15, 0.2) is 30.3 Å². The van der Waals surface area contributed by atoms with Gasteiger partial charge in [-0.2, -0.15) is 0 Å². The van der Waals surface area contributed by atoms with Crippen molar-refractivity contribution in [3.05, 3.63) is 52.6 Å². The molecule has 2 aromatic rings. The molecule has 3 nitrogen and oxygen atoms in total. The fourth-order valence-corrected chi connectivity index (χ4v) is 3.88. The quantitative estimate of drug-likeness (QED) is 0.444. The van der Waals surface area contributed by atoms with Crippen molar-refractivity contribution in [3.8, 4) is 11.1 Å². The SMILES string of the molecule is Cc1cc(C2CCCC2)ccc1-c1ccc(N)c(C(=N)N)c1C. The van der Waals surface area contributed by atoms with Crippen molar-refractivity contribution in [2.45, 2.75) is 45.4 Å². The molecule has 1 aliphatic rings. The lowest BCUT2D eigenvalue weighted by Crippen LogP contribution is -2.16. The Morgan fingerprint density at radius 2 is 1.70 bits per heavy atom. The summed E-state index contributed by atoms with van der Waals surface area (Å²) in [5, 5.41) is 7.77. The second-order valence-corrected chi connectivity index (χ2v) is 6.67. The molecule has 2 aromatic carbocycles. The third kappa shape index (κ3) is 2.83. The zero-order valence-electron chi connectivity index (χ0n) is 13.9. The largest absolute Gasteiger partial charge is 0.398 e. The lowest BCUT2D eigenvalue weighted by atomic mass is 9.89. The van der Waals surface area contributed by atoms with Crippen LogP contribution in [0.2, 0.25) is 0 Å². The van der Waals surface area contributed by atoms with Crippen molar-refractivity contribution < 1.29 is 0 Å².